The Bertz CT molecular complexity index is 334. The molecule has 2 atom stereocenters. The van der Waals surface area contributed by atoms with Gasteiger partial charge in [-0.1, -0.05) is 12.1 Å². The summed E-state index contributed by atoms with van der Waals surface area (Å²) >= 11 is 1.71. The fourth-order valence-corrected chi connectivity index (χ4v) is 2.73. The van der Waals surface area contributed by atoms with Crippen LogP contribution in [0.2, 0.25) is 0 Å². The zero-order valence-electron chi connectivity index (χ0n) is 9.19. The van der Waals surface area contributed by atoms with Gasteiger partial charge in [0, 0.05) is 7.05 Å². The molecule has 1 aromatic carbocycles. The number of thioether (sulfide) groups is 1. The quantitative estimate of drug-likeness (QED) is 0.841. The van der Waals surface area contributed by atoms with Gasteiger partial charge in [0.05, 0.1) is 5.37 Å². The molecule has 3 nitrogen and oxygen atoms in total. The molecule has 2 rings (SSSR count). The minimum atomic E-state index is -0.182. The SMILES string of the molecule is CN1NC(CCc2ccc(F)cc2)SC1N. The Balaban J connectivity index is 1.82. The molecule has 1 aliphatic heterocycles. The molecule has 88 valence electrons. The van der Waals surface area contributed by atoms with Crippen LogP contribution < -0.4 is 11.2 Å². The van der Waals surface area contributed by atoms with Gasteiger partial charge in [-0.2, -0.15) is 0 Å². The van der Waals surface area contributed by atoms with Crippen LogP contribution in [-0.4, -0.2) is 22.9 Å². The van der Waals surface area contributed by atoms with Crippen molar-refractivity contribution in [3.05, 3.63) is 35.6 Å². The number of hydrogen-bond donors (Lipinski definition) is 2. The van der Waals surface area contributed by atoms with Crippen molar-refractivity contribution in [2.45, 2.75) is 23.7 Å². The third kappa shape index (κ3) is 2.95. The largest absolute Gasteiger partial charge is 0.306 e. The number of halogens is 1. The van der Waals surface area contributed by atoms with E-state index < -0.39 is 0 Å². The monoisotopic (exact) mass is 241 g/mol. The van der Waals surface area contributed by atoms with E-state index in [2.05, 4.69) is 5.43 Å². The molecule has 0 aliphatic carbocycles. The summed E-state index contributed by atoms with van der Waals surface area (Å²) in [6.07, 6.45) is 1.93. The summed E-state index contributed by atoms with van der Waals surface area (Å²) in [5, 5.41) is 2.27. The molecule has 3 N–H and O–H groups in total. The summed E-state index contributed by atoms with van der Waals surface area (Å²) in [7, 11) is 1.94. The summed E-state index contributed by atoms with van der Waals surface area (Å²) in [6, 6.07) is 6.67. The second-order valence-corrected chi connectivity index (χ2v) is 5.24. The number of benzene rings is 1. The third-order valence-corrected chi connectivity index (χ3v) is 3.91. The molecule has 1 saturated heterocycles. The molecule has 1 fully saturated rings. The number of nitrogens with one attached hydrogen (secondary N) is 1. The highest BCUT2D eigenvalue weighted by Gasteiger charge is 2.25. The van der Waals surface area contributed by atoms with Crippen LogP contribution in [0.3, 0.4) is 0 Å². The number of hydrazine groups is 1. The minimum Gasteiger partial charge on any atom is -0.306 e. The standard InChI is InChI=1S/C11H16FN3S/c1-15-11(13)16-10(14-15)7-4-8-2-5-9(12)6-3-8/h2-3,5-6,10-11,14H,4,7,13H2,1H3. The van der Waals surface area contributed by atoms with Crippen LogP contribution in [-0.2, 0) is 6.42 Å². The summed E-state index contributed by atoms with van der Waals surface area (Å²) in [6.45, 7) is 0. The maximum atomic E-state index is 12.7. The molecule has 0 saturated carbocycles. The maximum absolute atomic E-state index is 12.7. The smallest absolute Gasteiger partial charge is 0.123 e. The van der Waals surface area contributed by atoms with E-state index in [-0.39, 0.29) is 11.3 Å². The molecular weight excluding hydrogens is 225 g/mol. The lowest BCUT2D eigenvalue weighted by atomic mass is 10.1. The van der Waals surface area contributed by atoms with Gasteiger partial charge in [-0.05, 0) is 30.5 Å². The first-order valence-electron chi connectivity index (χ1n) is 5.29. The highest BCUT2D eigenvalue weighted by molar-refractivity contribution is 8.00. The minimum absolute atomic E-state index is 0.0261. The van der Waals surface area contributed by atoms with Gasteiger partial charge in [-0.3, -0.25) is 0 Å². The Labute approximate surface area is 99.2 Å². The van der Waals surface area contributed by atoms with Gasteiger partial charge in [-0.25, -0.2) is 14.8 Å². The Hall–Kier alpha value is -0.620. The molecule has 0 radical (unpaired) electrons. The average molecular weight is 241 g/mol. The second-order valence-electron chi connectivity index (χ2n) is 3.92. The van der Waals surface area contributed by atoms with Crippen LogP contribution in [0.4, 0.5) is 4.39 Å². The van der Waals surface area contributed by atoms with Crippen molar-refractivity contribution in [2.24, 2.45) is 5.73 Å². The molecule has 0 amide bonds. The van der Waals surface area contributed by atoms with E-state index in [0.717, 1.165) is 18.4 Å². The molecule has 0 aromatic heterocycles. The number of aryl methyl sites for hydroxylation is 1. The molecule has 1 heterocycles. The Kier molecular flexibility index (Phi) is 3.81. The molecule has 0 bridgehead atoms. The predicted octanol–water partition coefficient (Wildman–Crippen LogP) is 1.51. The van der Waals surface area contributed by atoms with E-state index in [9.17, 15) is 4.39 Å². The van der Waals surface area contributed by atoms with Gasteiger partial charge in [0.15, 0.2) is 0 Å². The van der Waals surface area contributed by atoms with Crippen molar-refractivity contribution < 1.29 is 4.39 Å². The second kappa shape index (κ2) is 5.14. The Morgan fingerprint density at radius 3 is 2.69 bits per heavy atom. The van der Waals surface area contributed by atoms with Crippen molar-refractivity contribution >= 4 is 11.8 Å². The fraction of sp³-hybridized carbons (Fsp3) is 0.455. The average Bonchev–Trinajstić information content (AvgIpc) is 2.58. The van der Waals surface area contributed by atoms with E-state index in [1.165, 1.54) is 12.1 Å². The van der Waals surface area contributed by atoms with Gasteiger partial charge in [0.2, 0.25) is 0 Å². The van der Waals surface area contributed by atoms with E-state index in [1.807, 2.05) is 24.2 Å². The number of hydrogen-bond acceptors (Lipinski definition) is 4. The van der Waals surface area contributed by atoms with Crippen LogP contribution in [0.25, 0.3) is 0 Å². The van der Waals surface area contributed by atoms with Crippen molar-refractivity contribution in [3.63, 3.8) is 0 Å². The lowest BCUT2D eigenvalue weighted by molar-refractivity contribution is 0.236. The molecule has 1 aliphatic rings. The van der Waals surface area contributed by atoms with Crippen LogP contribution in [0.1, 0.15) is 12.0 Å². The van der Waals surface area contributed by atoms with Gasteiger partial charge in [0.1, 0.15) is 11.3 Å². The zero-order valence-corrected chi connectivity index (χ0v) is 10.0. The first-order valence-corrected chi connectivity index (χ1v) is 6.24. The van der Waals surface area contributed by atoms with Crippen LogP contribution in [0.5, 0.6) is 0 Å². The molecule has 1 aromatic rings. The molecule has 16 heavy (non-hydrogen) atoms. The van der Waals surface area contributed by atoms with Crippen LogP contribution >= 0.6 is 11.8 Å². The molecule has 0 spiro atoms. The third-order valence-electron chi connectivity index (χ3n) is 2.64. The topological polar surface area (TPSA) is 41.3 Å². The lowest BCUT2D eigenvalue weighted by Crippen LogP contribution is -2.39. The van der Waals surface area contributed by atoms with Crippen molar-refractivity contribution in [1.82, 2.24) is 10.4 Å². The van der Waals surface area contributed by atoms with Gasteiger partial charge in [-0.15, -0.1) is 11.8 Å². The first-order chi connectivity index (χ1) is 7.65. The lowest BCUT2D eigenvalue weighted by Gasteiger charge is -2.12. The van der Waals surface area contributed by atoms with Gasteiger partial charge >= 0.3 is 0 Å². The highest BCUT2D eigenvalue weighted by Crippen LogP contribution is 2.24. The predicted molar refractivity (Wildman–Crippen MR) is 65.0 cm³/mol. The zero-order chi connectivity index (χ0) is 11.5. The van der Waals surface area contributed by atoms with Crippen molar-refractivity contribution in [2.75, 3.05) is 7.05 Å². The molecular formula is C11H16FN3S. The maximum Gasteiger partial charge on any atom is 0.123 e. The van der Waals surface area contributed by atoms with Crippen LogP contribution in [0, 0.1) is 5.82 Å². The highest BCUT2D eigenvalue weighted by atomic mass is 32.2. The summed E-state index contributed by atoms with van der Waals surface area (Å²) in [5.74, 6) is -0.182. The van der Waals surface area contributed by atoms with E-state index in [4.69, 9.17) is 5.73 Å². The van der Waals surface area contributed by atoms with Gasteiger partial charge in [0.25, 0.3) is 0 Å². The Morgan fingerprint density at radius 1 is 1.44 bits per heavy atom. The number of nitrogens with two attached hydrogens (primary N) is 1. The normalized spacial score (nSPS) is 26.2. The first kappa shape index (κ1) is 11.9. The summed E-state index contributed by atoms with van der Waals surface area (Å²) in [4.78, 5) is 0. The fourth-order valence-electron chi connectivity index (χ4n) is 1.67. The van der Waals surface area contributed by atoms with E-state index in [1.54, 1.807) is 11.8 Å². The number of nitrogens with zero attached hydrogens (tertiary/aromatic N) is 1. The summed E-state index contributed by atoms with van der Waals surface area (Å²) < 4.78 is 12.7. The van der Waals surface area contributed by atoms with Crippen molar-refractivity contribution in [1.29, 1.82) is 0 Å². The van der Waals surface area contributed by atoms with Crippen molar-refractivity contribution in [3.8, 4) is 0 Å². The van der Waals surface area contributed by atoms with Gasteiger partial charge < -0.3 is 5.73 Å². The molecule has 2 unspecified atom stereocenters. The van der Waals surface area contributed by atoms with E-state index >= 15 is 0 Å². The Morgan fingerprint density at radius 2 is 2.12 bits per heavy atom. The molecule has 5 heteroatoms. The summed E-state index contributed by atoms with van der Waals surface area (Å²) in [5.41, 5.74) is 10.3. The number of rotatable bonds is 3. The van der Waals surface area contributed by atoms with Crippen LogP contribution in [0.15, 0.2) is 24.3 Å². The van der Waals surface area contributed by atoms with E-state index in [0.29, 0.717) is 5.37 Å².